The van der Waals surface area contributed by atoms with Crippen LogP contribution < -0.4 is 16.0 Å². The molecule has 8 heteroatoms. The van der Waals surface area contributed by atoms with E-state index in [2.05, 4.69) is 25.9 Å². The number of carbonyl (C=O) groups excluding carboxylic acids is 1. The number of aryl methyl sites for hydroxylation is 1. The van der Waals surface area contributed by atoms with Crippen LogP contribution >= 0.6 is 24.0 Å². The minimum Gasteiger partial charge on any atom is -0.357 e. The number of pyridine rings is 1. The van der Waals surface area contributed by atoms with Gasteiger partial charge in [0.2, 0.25) is 5.91 Å². The van der Waals surface area contributed by atoms with Gasteiger partial charge in [0.25, 0.3) is 0 Å². The number of halogens is 2. The van der Waals surface area contributed by atoms with Crippen molar-refractivity contribution in [3.8, 4) is 0 Å². The van der Waals surface area contributed by atoms with Crippen molar-refractivity contribution in [2.45, 2.75) is 20.4 Å². The van der Waals surface area contributed by atoms with Gasteiger partial charge in [0.1, 0.15) is 5.82 Å². The first-order chi connectivity index (χ1) is 12.1. The van der Waals surface area contributed by atoms with Gasteiger partial charge in [-0.2, -0.15) is 0 Å². The number of amides is 1. The van der Waals surface area contributed by atoms with Gasteiger partial charge in [-0.1, -0.05) is 12.1 Å². The summed E-state index contributed by atoms with van der Waals surface area (Å²) >= 11 is 0. The van der Waals surface area contributed by atoms with Crippen LogP contribution in [0.15, 0.2) is 47.7 Å². The van der Waals surface area contributed by atoms with Crippen LogP contribution in [0.1, 0.15) is 18.1 Å². The van der Waals surface area contributed by atoms with Crippen molar-refractivity contribution in [3.63, 3.8) is 0 Å². The highest BCUT2D eigenvalue weighted by atomic mass is 127. The summed E-state index contributed by atoms with van der Waals surface area (Å²) in [6, 6.07) is 8.53. The number of nitrogens with one attached hydrogen (secondary N) is 3. The molecule has 1 aromatic carbocycles. The summed E-state index contributed by atoms with van der Waals surface area (Å²) in [5, 5.41) is 8.73. The molecule has 2 aromatic rings. The first kappa shape index (κ1) is 21.8. The molecule has 0 unspecified atom stereocenters. The van der Waals surface area contributed by atoms with E-state index >= 15 is 0 Å². The largest absolute Gasteiger partial charge is 0.357 e. The number of rotatable bonds is 6. The molecule has 2 rings (SSSR count). The highest BCUT2D eigenvalue weighted by Gasteiger charge is 2.05. The lowest BCUT2D eigenvalue weighted by Gasteiger charge is -2.11. The van der Waals surface area contributed by atoms with Crippen LogP contribution in [0.2, 0.25) is 0 Å². The number of hydrogen-bond acceptors (Lipinski definition) is 3. The minimum absolute atomic E-state index is 0. The summed E-state index contributed by atoms with van der Waals surface area (Å²) in [6.07, 6.45) is 3.21. The summed E-state index contributed by atoms with van der Waals surface area (Å²) in [4.78, 5) is 20.2. The smallest absolute Gasteiger partial charge is 0.243 e. The quantitative estimate of drug-likeness (QED) is 0.344. The minimum atomic E-state index is -0.249. The summed E-state index contributed by atoms with van der Waals surface area (Å²) in [7, 11) is 0. The summed E-state index contributed by atoms with van der Waals surface area (Å²) in [6.45, 7) is 4.67. The average molecular weight is 471 g/mol. The summed E-state index contributed by atoms with van der Waals surface area (Å²) in [5.41, 5.74) is 2.00. The van der Waals surface area contributed by atoms with E-state index in [1.165, 1.54) is 6.07 Å². The second-order valence-electron chi connectivity index (χ2n) is 5.42. The van der Waals surface area contributed by atoms with Crippen LogP contribution in [-0.2, 0) is 11.3 Å². The number of aliphatic imine (C=N–C) groups is 1. The summed E-state index contributed by atoms with van der Waals surface area (Å²) < 4.78 is 13.6. The average Bonchev–Trinajstić information content (AvgIpc) is 2.61. The molecule has 3 N–H and O–H groups in total. The van der Waals surface area contributed by atoms with Crippen molar-refractivity contribution in [1.29, 1.82) is 0 Å². The maximum absolute atomic E-state index is 13.6. The Bertz CT molecular complexity index is 740. The predicted octanol–water partition coefficient (Wildman–Crippen LogP) is 2.84. The predicted molar refractivity (Wildman–Crippen MR) is 112 cm³/mol. The fourth-order valence-corrected chi connectivity index (χ4v) is 2.05. The molecule has 0 fully saturated rings. The number of hydrogen-bond donors (Lipinski definition) is 3. The van der Waals surface area contributed by atoms with E-state index in [0.717, 1.165) is 5.56 Å². The van der Waals surface area contributed by atoms with Gasteiger partial charge in [0.15, 0.2) is 5.96 Å². The van der Waals surface area contributed by atoms with Crippen molar-refractivity contribution in [2.24, 2.45) is 4.99 Å². The second-order valence-corrected chi connectivity index (χ2v) is 5.42. The Kier molecular flexibility index (Phi) is 9.56. The van der Waals surface area contributed by atoms with E-state index in [1.807, 2.05) is 13.0 Å². The summed E-state index contributed by atoms with van der Waals surface area (Å²) in [5.74, 6) is 0.0336. The lowest BCUT2D eigenvalue weighted by molar-refractivity contribution is -0.115. The van der Waals surface area contributed by atoms with Crippen LogP contribution in [0.5, 0.6) is 0 Å². The normalized spacial score (nSPS) is 10.7. The first-order valence-corrected chi connectivity index (χ1v) is 8.05. The molecule has 0 atom stereocenters. The molecule has 1 amide bonds. The van der Waals surface area contributed by atoms with Crippen molar-refractivity contribution in [2.75, 3.05) is 18.4 Å². The standard InChI is InChI=1S/C18H22FN5O.HI/c1-3-21-18(22-10-14-7-6-13(2)16(19)9-14)23-12-17(25)24-15-5-4-8-20-11-15;/h4-9,11H,3,10,12H2,1-2H3,(H,24,25)(H2,21,22,23);1H. The molecular weight excluding hydrogens is 448 g/mol. The molecule has 0 aliphatic carbocycles. The van der Waals surface area contributed by atoms with E-state index in [0.29, 0.717) is 30.3 Å². The van der Waals surface area contributed by atoms with Crippen molar-refractivity contribution >= 4 is 41.5 Å². The van der Waals surface area contributed by atoms with E-state index in [4.69, 9.17) is 0 Å². The molecule has 0 bridgehead atoms. The first-order valence-electron chi connectivity index (χ1n) is 8.05. The SMILES string of the molecule is CCNC(=NCc1ccc(C)c(F)c1)NCC(=O)Nc1cccnc1.I. The second kappa shape index (κ2) is 11.4. The molecule has 0 spiro atoms. The maximum atomic E-state index is 13.6. The highest BCUT2D eigenvalue weighted by molar-refractivity contribution is 14.0. The Balaban J connectivity index is 0.00000338. The van der Waals surface area contributed by atoms with Crippen LogP contribution in [0, 0.1) is 12.7 Å². The Morgan fingerprint density at radius 1 is 1.27 bits per heavy atom. The number of benzene rings is 1. The molecule has 0 aliphatic heterocycles. The third kappa shape index (κ3) is 7.34. The third-order valence-corrected chi connectivity index (χ3v) is 3.36. The van der Waals surface area contributed by atoms with Crippen LogP contribution in [0.4, 0.5) is 10.1 Å². The molecule has 140 valence electrons. The van der Waals surface area contributed by atoms with E-state index < -0.39 is 0 Å². The Morgan fingerprint density at radius 2 is 2.08 bits per heavy atom. The molecule has 1 aromatic heterocycles. The molecule has 0 saturated heterocycles. The van der Waals surface area contributed by atoms with Crippen molar-refractivity contribution in [3.05, 3.63) is 59.7 Å². The number of nitrogens with zero attached hydrogens (tertiary/aromatic N) is 2. The number of aromatic nitrogens is 1. The zero-order valence-corrected chi connectivity index (χ0v) is 17.1. The van der Waals surface area contributed by atoms with Crippen LogP contribution in [-0.4, -0.2) is 29.9 Å². The monoisotopic (exact) mass is 471 g/mol. The van der Waals surface area contributed by atoms with Crippen LogP contribution in [0.3, 0.4) is 0 Å². The molecule has 6 nitrogen and oxygen atoms in total. The van der Waals surface area contributed by atoms with E-state index in [1.54, 1.807) is 37.5 Å². The highest BCUT2D eigenvalue weighted by Crippen LogP contribution is 2.10. The molecule has 0 saturated carbocycles. The zero-order chi connectivity index (χ0) is 18.1. The topological polar surface area (TPSA) is 78.4 Å². The van der Waals surface area contributed by atoms with E-state index in [-0.39, 0.29) is 42.2 Å². The molecule has 0 radical (unpaired) electrons. The van der Waals surface area contributed by atoms with Gasteiger partial charge < -0.3 is 16.0 Å². The Hall–Kier alpha value is -2.23. The lowest BCUT2D eigenvalue weighted by Crippen LogP contribution is -2.41. The van der Waals surface area contributed by atoms with Crippen molar-refractivity contribution in [1.82, 2.24) is 15.6 Å². The molecule has 26 heavy (non-hydrogen) atoms. The van der Waals surface area contributed by atoms with E-state index in [9.17, 15) is 9.18 Å². The molecule has 0 aliphatic rings. The number of anilines is 1. The zero-order valence-electron chi connectivity index (χ0n) is 14.8. The van der Waals surface area contributed by atoms with Gasteiger partial charge in [-0.25, -0.2) is 9.38 Å². The Labute approximate surface area is 169 Å². The van der Waals surface area contributed by atoms with Gasteiger partial charge in [0, 0.05) is 12.7 Å². The van der Waals surface area contributed by atoms with Gasteiger partial charge >= 0.3 is 0 Å². The lowest BCUT2D eigenvalue weighted by atomic mass is 10.1. The maximum Gasteiger partial charge on any atom is 0.243 e. The number of guanidine groups is 1. The molecule has 1 heterocycles. The van der Waals surface area contributed by atoms with Gasteiger partial charge in [-0.15, -0.1) is 24.0 Å². The van der Waals surface area contributed by atoms with Gasteiger partial charge in [-0.05, 0) is 43.2 Å². The van der Waals surface area contributed by atoms with Crippen molar-refractivity contribution < 1.29 is 9.18 Å². The Morgan fingerprint density at radius 3 is 2.73 bits per heavy atom. The molecular formula is C18H23FIN5O. The number of carbonyl (C=O) groups is 1. The van der Waals surface area contributed by atoms with Crippen LogP contribution in [0.25, 0.3) is 0 Å². The van der Waals surface area contributed by atoms with Gasteiger partial charge in [-0.3, -0.25) is 9.78 Å². The fraction of sp³-hybridized carbons (Fsp3) is 0.278. The fourth-order valence-electron chi connectivity index (χ4n) is 2.05. The third-order valence-electron chi connectivity index (χ3n) is 3.36. The van der Waals surface area contributed by atoms with Gasteiger partial charge in [0.05, 0.1) is 25.0 Å².